The fraction of sp³-hybridized carbons (Fsp3) is 0.600. The molecule has 2 atom stereocenters. The Morgan fingerprint density at radius 3 is 2.78 bits per heavy atom. The van der Waals surface area contributed by atoms with Crippen molar-refractivity contribution in [2.24, 2.45) is 5.41 Å². The van der Waals surface area contributed by atoms with E-state index in [-0.39, 0.29) is 11.5 Å². The van der Waals surface area contributed by atoms with Gasteiger partial charge in [-0.1, -0.05) is 5.16 Å². The largest absolute Gasteiger partial charge is 0.490 e. The Morgan fingerprint density at radius 1 is 1.41 bits per heavy atom. The van der Waals surface area contributed by atoms with Crippen molar-refractivity contribution in [3.8, 4) is 6.01 Å². The van der Waals surface area contributed by atoms with Gasteiger partial charge in [-0.25, -0.2) is 14.8 Å². The third kappa shape index (κ3) is 6.16. The lowest BCUT2D eigenvalue weighted by Crippen LogP contribution is -2.52. The second kappa shape index (κ2) is 9.82. The zero-order valence-electron chi connectivity index (χ0n) is 17.8. The molecule has 4 rings (SSSR count). The lowest BCUT2D eigenvalue weighted by atomic mass is 9.77. The lowest BCUT2D eigenvalue weighted by molar-refractivity contribution is -0.192. The number of rotatable bonds is 5. The highest BCUT2D eigenvalue weighted by Gasteiger charge is 2.48. The molecule has 4 heterocycles. The van der Waals surface area contributed by atoms with E-state index in [1.165, 1.54) is 0 Å². The van der Waals surface area contributed by atoms with E-state index in [1.54, 1.807) is 6.20 Å². The highest BCUT2D eigenvalue weighted by molar-refractivity contribution is 5.73. The van der Waals surface area contributed by atoms with Crippen LogP contribution in [0.3, 0.4) is 0 Å². The van der Waals surface area contributed by atoms with E-state index in [0.29, 0.717) is 12.6 Å². The SMILES string of the molecule is Cc1ccnc(OC[C@@]23CCO[C@@H]2CCN(Cc2cc(C)on2)C3)n1.O=C(O)C(F)(F)F. The Hall–Kier alpha value is -2.73. The van der Waals surface area contributed by atoms with Gasteiger partial charge in [0.2, 0.25) is 0 Å². The molecule has 2 fully saturated rings. The van der Waals surface area contributed by atoms with Crippen molar-refractivity contribution in [2.45, 2.75) is 45.5 Å². The maximum atomic E-state index is 10.6. The first-order valence-electron chi connectivity index (χ1n) is 10.1. The zero-order chi connectivity index (χ0) is 23.4. The molecule has 0 saturated carbocycles. The van der Waals surface area contributed by atoms with Crippen LogP contribution in [0.2, 0.25) is 0 Å². The topological polar surface area (TPSA) is 111 Å². The standard InChI is InChI=1S/C18H24N4O3.C2HF3O2/c1-13-3-6-19-17(20-13)24-12-18-5-8-23-16(18)4-7-22(11-18)10-15-9-14(2)25-21-15;3-2(4,5)1(6)7/h3,6,9,16H,4-5,7-8,10-12H2,1-2H3;(H,6,7)/t16-,18+;/m1./s1. The van der Waals surface area contributed by atoms with Gasteiger partial charge in [-0.15, -0.1) is 0 Å². The van der Waals surface area contributed by atoms with E-state index >= 15 is 0 Å². The summed E-state index contributed by atoms with van der Waals surface area (Å²) < 4.78 is 48.9. The van der Waals surface area contributed by atoms with Gasteiger partial charge in [-0.3, -0.25) is 4.90 Å². The van der Waals surface area contributed by atoms with Crippen LogP contribution < -0.4 is 4.74 Å². The molecule has 0 radical (unpaired) electrons. The predicted molar refractivity (Wildman–Crippen MR) is 104 cm³/mol. The molecule has 12 heteroatoms. The molecule has 2 aliphatic rings. The van der Waals surface area contributed by atoms with Gasteiger partial charge in [0, 0.05) is 49.6 Å². The number of carboxylic acid groups (broad SMARTS) is 1. The summed E-state index contributed by atoms with van der Waals surface area (Å²) in [5, 5.41) is 11.2. The molecule has 0 spiro atoms. The van der Waals surface area contributed by atoms with Gasteiger partial charge < -0.3 is 19.1 Å². The normalized spacial score (nSPS) is 23.2. The average molecular weight is 458 g/mol. The molecule has 0 aliphatic carbocycles. The molecular formula is C20H25F3N4O5. The number of carboxylic acids is 1. The number of alkyl halides is 3. The van der Waals surface area contributed by atoms with E-state index in [4.69, 9.17) is 23.9 Å². The highest BCUT2D eigenvalue weighted by atomic mass is 19.4. The van der Waals surface area contributed by atoms with Gasteiger partial charge in [0.05, 0.1) is 11.8 Å². The molecule has 0 unspecified atom stereocenters. The van der Waals surface area contributed by atoms with Crippen molar-refractivity contribution in [1.82, 2.24) is 20.0 Å². The van der Waals surface area contributed by atoms with Crippen molar-refractivity contribution in [2.75, 3.05) is 26.3 Å². The highest BCUT2D eigenvalue weighted by Crippen LogP contribution is 2.41. The number of likely N-dealkylation sites (tertiary alicyclic amines) is 1. The van der Waals surface area contributed by atoms with Gasteiger partial charge in [-0.05, 0) is 32.8 Å². The number of carbonyl (C=O) groups is 1. The van der Waals surface area contributed by atoms with Crippen molar-refractivity contribution in [3.05, 3.63) is 35.5 Å². The van der Waals surface area contributed by atoms with E-state index in [1.807, 2.05) is 26.0 Å². The number of ether oxygens (including phenoxy) is 2. The smallest absolute Gasteiger partial charge is 0.475 e. The number of halogens is 3. The number of aromatic nitrogens is 3. The molecule has 2 aromatic rings. The van der Waals surface area contributed by atoms with E-state index in [2.05, 4.69) is 20.0 Å². The fourth-order valence-corrected chi connectivity index (χ4v) is 3.91. The molecule has 2 aromatic heterocycles. The summed E-state index contributed by atoms with van der Waals surface area (Å²) in [7, 11) is 0. The van der Waals surface area contributed by atoms with E-state index in [0.717, 1.165) is 56.2 Å². The fourth-order valence-electron chi connectivity index (χ4n) is 3.91. The van der Waals surface area contributed by atoms with Crippen LogP contribution in [-0.4, -0.2) is 69.7 Å². The quantitative estimate of drug-likeness (QED) is 0.723. The van der Waals surface area contributed by atoms with Crippen LogP contribution in [0.5, 0.6) is 6.01 Å². The minimum Gasteiger partial charge on any atom is -0.475 e. The molecule has 9 nitrogen and oxygen atoms in total. The summed E-state index contributed by atoms with van der Waals surface area (Å²) in [5.41, 5.74) is 1.88. The Morgan fingerprint density at radius 2 is 2.16 bits per heavy atom. The van der Waals surface area contributed by atoms with Crippen LogP contribution in [0.25, 0.3) is 0 Å². The summed E-state index contributed by atoms with van der Waals surface area (Å²) >= 11 is 0. The molecule has 32 heavy (non-hydrogen) atoms. The average Bonchev–Trinajstić information content (AvgIpc) is 3.32. The van der Waals surface area contributed by atoms with Crippen LogP contribution in [0, 0.1) is 19.3 Å². The van der Waals surface area contributed by atoms with Crippen LogP contribution in [-0.2, 0) is 16.1 Å². The first kappa shape index (κ1) is 23.9. The van der Waals surface area contributed by atoms with Crippen LogP contribution in [0.1, 0.15) is 30.0 Å². The molecule has 2 saturated heterocycles. The van der Waals surface area contributed by atoms with E-state index in [9.17, 15) is 13.2 Å². The molecule has 2 aliphatic heterocycles. The molecule has 1 N–H and O–H groups in total. The number of hydrogen-bond acceptors (Lipinski definition) is 8. The lowest BCUT2D eigenvalue weighted by Gasteiger charge is -2.42. The Kier molecular flexibility index (Phi) is 7.34. The zero-order valence-corrected chi connectivity index (χ0v) is 17.8. The first-order valence-corrected chi connectivity index (χ1v) is 10.1. The van der Waals surface area contributed by atoms with Crippen LogP contribution in [0.15, 0.2) is 22.9 Å². The van der Waals surface area contributed by atoms with Crippen molar-refractivity contribution < 1.29 is 37.1 Å². The number of aliphatic carboxylic acids is 1. The van der Waals surface area contributed by atoms with Gasteiger partial charge in [-0.2, -0.15) is 13.2 Å². The molecular weight excluding hydrogens is 433 g/mol. The van der Waals surface area contributed by atoms with Gasteiger partial charge >= 0.3 is 18.2 Å². The second-order valence-electron chi connectivity index (χ2n) is 7.97. The Balaban J connectivity index is 0.000000360. The maximum Gasteiger partial charge on any atom is 0.490 e. The third-order valence-electron chi connectivity index (χ3n) is 5.41. The minimum absolute atomic E-state index is 0.00979. The van der Waals surface area contributed by atoms with Crippen molar-refractivity contribution in [3.63, 3.8) is 0 Å². The number of fused-ring (bicyclic) bond motifs is 1. The molecule has 176 valence electrons. The summed E-state index contributed by atoms with van der Waals surface area (Å²) in [6.07, 6.45) is -1.10. The molecule has 0 aromatic carbocycles. The van der Waals surface area contributed by atoms with Gasteiger partial charge in [0.1, 0.15) is 12.4 Å². The number of nitrogens with zero attached hydrogens (tertiary/aromatic N) is 4. The van der Waals surface area contributed by atoms with Crippen molar-refractivity contribution in [1.29, 1.82) is 0 Å². The molecule has 0 amide bonds. The Labute approximate surface area is 182 Å². The number of piperidine rings is 1. The second-order valence-corrected chi connectivity index (χ2v) is 7.97. The minimum atomic E-state index is -5.08. The van der Waals surface area contributed by atoms with Crippen LogP contribution >= 0.6 is 0 Å². The third-order valence-corrected chi connectivity index (χ3v) is 5.41. The summed E-state index contributed by atoms with van der Waals surface area (Å²) in [6.45, 7) is 7.96. The first-order chi connectivity index (χ1) is 15.1. The Bertz CT molecular complexity index is 923. The number of aryl methyl sites for hydroxylation is 2. The predicted octanol–water partition coefficient (Wildman–Crippen LogP) is 2.77. The molecule has 0 bridgehead atoms. The van der Waals surface area contributed by atoms with Crippen LogP contribution in [0.4, 0.5) is 13.2 Å². The van der Waals surface area contributed by atoms with Crippen molar-refractivity contribution >= 4 is 5.97 Å². The number of hydrogen-bond donors (Lipinski definition) is 1. The summed E-state index contributed by atoms with van der Waals surface area (Å²) in [6, 6.07) is 4.32. The summed E-state index contributed by atoms with van der Waals surface area (Å²) in [5.74, 6) is -1.91. The van der Waals surface area contributed by atoms with E-state index < -0.39 is 12.1 Å². The van der Waals surface area contributed by atoms with Gasteiger partial charge in [0.15, 0.2) is 0 Å². The monoisotopic (exact) mass is 458 g/mol. The maximum absolute atomic E-state index is 10.6. The van der Waals surface area contributed by atoms with Gasteiger partial charge in [0.25, 0.3) is 0 Å². The summed E-state index contributed by atoms with van der Waals surface area (Å²) in [4.78, 5) is 19.9.